The number of benzene rings is 6. The molecule has 0 bridgehead atoms. The Morgan fingerprint density at radius 2 is 1.20 bits per heavy atom. The summed E-state index contributed by atoms with van der Waals surface area (Å²) in [6.07, 6.45) is 0. The second-order valence-electron chi connectivity index (χ2n) is 10.9. The van der Waals surface area contributed by atoms with Gasteiger partial charge in [0.25, 0.3) is 0 Å². The minimum absolute atomic E-state index is 0.627. The van der Waals surface area contributed by atoms with Gasteiger partial charge in [0.2, 0.25) is 0 Å². The van der Waals surface area contributed by atoms with Gasteiger partial charge in [-0.3, -0.25) is 4.57 Å². The molecule has 0 atom stereocenters. The molecule has 188 valence electrons. The first-order valence-electron chi connectivity index (χ1n) is 13.6. The van der Waals surface area contributed by atoms with E-state index < -0.39 is 5.40 Å². The smallest absolute Gasteiger partial charge is 0.141 e. The van der Waals surface area contributed by atoms with Gasteiger partial charge in [-0.15, -0.1) is 11.3 Å². The van der Waals surface area contributed by atoms with Crippen molar-refractivity contribution in [3.05, 3.63) is 121 Å². The normalized spacial score (nSPS) is 12.3. The maximum absolute atomic E-state index is 11.3. The Balaban J connectivity index is 1.59. The van der Waals surface area contributed by atoms with Gasteiger partial charge in [-0.25, -0.2) is 4.98 Å². The van der Waals surface area contributed by atoms with Gasteiger partial charge in [0.15, 0.2) is 0 Å². The molecule has 3 nitrogen and oxygen atoms in total. The summed E-state index contributed by atoms with van der Waals surface area (Å²) in [6, 6.07) is 40.9. The topological polar surface area (TPSA) is 38.1 Å². The Hall–Kier alpha value is -4.38. The average molecular weight is 530 g/mol. The number of aliphatic hydroxyl groups is 1. The van der Waals surface area contributed by atoms with Crippen LogP contribution in [0, 0.1) is 0 Å². The lowest BCUT2D eigenvalue weighted by Gasteiger charge is -2.24. The van der Waals surface area contributed by atoms with Gasteiger partial charge < -0.3 is 5.11 Å². The van der Waals surface area contributed by atoms with Crippen molar-refractivity contribution in [2.45, 2.75) is 5.40 Å². The minimum Gasteiger partial charge on any atom is -0.400 e. The van der Waals surface area contributed by atoms with Crippen molar-refractivity contribution in [3.8, 4) is 16.8 Å². The average Bonchev–Trinajstić information content (AvgIpc) is 3.55. The number of imidazole rings is 1. The Morgan fingerprint density at radius 1 is 0.625 bits per heavy atom. The molecule has 1 N–H and O–H groups in total. The highest BCUT2D eigenvalue weighted by molar-refractivity contribution is 7.25. The van der Waals surface area contributed by atoms with Crippen LogP contribution in [0.2, 0.25) is 0 Å². The number of hydrogen-bond acceptors (Lipinski definition) is 3. The summed E-state index contributed by atoms with van der Waals surface area (Å²) < 4.78 is 4.76. The van der Waals surface area contributed by atoms with Crippen LogP contribution in [0.3, 0.4) is 0 Å². The molecular weight excluding hydrogens is 506 g/mol. The van der Waals surface area contributed by atoms with Gasteiger partial charge >= 0.3 is 0 Å². The molecule has 0 fully saturated rings. The van der Waals surface area contributed by atoms with E-state index in [-0.39, 0.29) is 0 Å². The van der Waals surface area contributed by atoms with Crippen LogP contribution in [-0.2, 0) is 5.40 Å². The number of aromatic nitrogens is 2. The van der Waals surface area contributed by atoms with E-state index in [2.05, 4.69) is 102 Å². The summed E-state index contributed by atoms with van der Waals surface area (Å²) >= 11 is 1.85. The standard InChI is InChI=1S/C34H24B2N2OS/c35-34(36,39)33-37-26-16-6-7-17-27(26)38(33)32-22-12-3-1-10-20(22)30(21-11-2-4-13-23(21)32)25-15-9-19-29-31(25)24-14-5-8-18-28(24)40-29/h1-19,39H,35-36H2. The minimum atomic E-state index is -1.14. The van der Waals surface area contributed by atoms with Crippen LogP contribution < -0.4 is 0 Å². The van der Waals surface area contributed by atoms with Crippen molar-refractivity contribution in [2.24, 2.45) is 0 Å². The summed E-state index contributed by atoms with van der Waals surface area (Å²) in [6.45, 7) is 0. The molecule has 0 saturated heterocycles. The summed E-state index contributed by atoms with van der Waals surface area (Å²) in [5.41, 5.74) is 5.37. The van der Waals surface area contributed by atoms with E-state index >= 15 is 0 Å². The van der Waals surface area contributed by atoms with E-state index in [1.807, 2.05) is 45.2 Å². The second-order valence-corrected chi connectivity index (χ2v) is 12.0. The molecule has 0 aliphatic heterocycles. The molecule has 0 aliphatic rings. The molecule has 0 radical (unpaired) electrons. The van der Waals surface area contributed by atoms with Gasteiger partial charge in [0, 0.05) is 30.9 Å². The van der Waals surface area contributed by atoms with Crippen molar-refractivity contribution in [1.82, 2.24) is 9.55 Å². The quantitative estimate of drug-likeness (QED) is 0.203. The van der Waals surface area contributed by atoms with Crippen molar-refractivity contribution in [2.75, 3.05) is 0 Å². The summed E-state index contributed by atoms with van der Waals surface area (Å²) in [7, 11) is 3.62. The van der Waals surface area contributed by atoms with Gasteiger partial charge in [-0.2, -0.15) is 0 Å². The number of hydrogen-bond donors (Lipinski definition) is 1. The fraction of sp³-hybridized carbons (Fsp3) is 0.0294. The largest absolute Gasteiger partial charge is 0.400 e. The van der Waals surface area contributed by atoms with Crippen molar-refractivity contribution in [3.63, 3.8) is 0 Å². The Labute approximate surface area is 237 Å². The molecule has 0 unspecified atom stereocenters. The zero-order chi connectivity index (χ0) is 27.0. The molecular formula is C34H24B2N2OS. The maximum Gasteiger partial charge on any atom is 0.141 e. The third-order valence-corrected chi connectivity index (χ3v) is 9.04. The molecule has 0 saturated carbocycles. The van der Waals surface area contributed by atoms with E-state index in [1.54, 1.807) is 0 Å². The molecule has 6 aromatic carbocycles. The molecule has 8 aromatic rings. The lowest BCUT2D eigenvalue weighted by atomic mass is 9.65. The third kappa shape index (κ3) is 3.33. The van der Waals surface area contributed by atoms with Crippen LogP contribution in [0.1, 0.15) is 5.82 Å². The maximum atomic E-state index is 11.3. The SMILES string of the molecule is BC(B)(O)c1nc2ccccc2n1-c1c2ccccc2c(-c2cccc3sc4ccccc4c23)c2ccccc12. The second kappa shape index (κ2) is 8.56. The van der Waals surface area contributed by atoms with Crippen molar-refractivity contribution >= 4 is 79.8 Å². The first kappa shape index (κ1) is 23.5. The summed E-state index contributed by atoms with van der Waals surface area (Å²) in [4.78, 5) is 4.94. The van der Waals surface area contributed by atoms with Crippen LogP contribution in [0.15, 0.2) is 115 Å². The molecule has 40 heavy (non-hydrogen) atoms. The predicted molar refractivity (Wildman–Crippen MR) is 175 cm³/mol. The number of fused-ring (bicyclic) bond motifs is 6. The Morgan fingerprint density at radius 3 is 1.90 bits per heavy atom. The molecule has 6 heteroatoms. The van der Waals surface area contributed by atoms with Crippen molar-refractivity contribution in [1.29, 1.82) is 0 Å². The first-order valence-corrected chi connectivity index (χ1v) is 14.4. The molecule has 2 heterocycles. The molecule has 0 spiro atoms. The summed E-state index contributed by atoms with van der Waals surface area (Å²) in [5.74, 6) is 0.627. The number of nitrogens with zero attached hydrogens (tertiary/aromatic N) is 2. The fourth-order valence-corrected chi connectivity index (χ4v) is 7.41. The monoisotopic (exact) mass is 530 g/mol. The highest BCUT2D eigenvalue weighted by atomic mass is 32.1. The molecule has 2 aromatic heterocycles. The highest BCUT2D eigenvalue weighted by Crippen LogP contribution is 2.47. The van der Waals surface area contributed by atoms with Crippen LogP contribution in [0.5, 0.6) is 0 Å². The fourth-order valence-electron chi connectivity index (χ4n) is 6.28. The van der Waals surface area contributed by atoms with Gasteiger partial charge in [0.1, 0.15) is 21.5 Å². The van der Waals surface area contributed by atoms with E-state index in [0.717, 1.165) is 27.5 Å². The van der Waals surface area contributed by atoms with Crippen LogP contribution in [0.25, 0.3) is 69.6 Å². The lowest BCUT2D eigenvalue weighted by molar-refractivity contribution is 0.205. The van der Waals surface area contributed by atoms with Crippen LogP contribution >= 0.6 is 11.3 Å². The van der Waals surface area contributed by atoms with Gasteiger partial charge in [-0.05, 0) is 46.2 Å². The number of para-hydroxylation sites is 2. The van der Waals surface area contributed by atoms with E-state index in [1.165, 1.54) is 42.1 Å². The third-order valence-electron chi connectivity index (χ3n) is 7.91. The lowest BCUT2D eigenvalue weighted by Crippen LogP contribution is -2.30. The zero-order valence-corrected chi connectivity index (χ0v) is 23.0. The number of rotatable bonds is 3. The summed E-state index contributed by atoms with van der Waals surface area (Å²) in [5, 5.41) is 17.4. The van der Waals surface area contributed by atoms with Gasteiger partial charge in [-0.1, -0.05) is 91.0 Å². The van der Waals surface area contributed by atoms with E-state index in [4.69, 9.17) is 4.98 Å². The van der Waals surface area contributed by atoms with Crippen molar-refractivity contribution < 1.29 is 5.11 Å². The van der Waals surface area contributed by atoms with Crippen LogP contribution in [0.4, 0.5) is 0 Å². The molecule has 0 aliphatic carbocycles. The Bertz CT molecular complexity index is 2220. The Kier molecular flexibility index (Phi) is 5.03. The molecule has 0 amide bonds. The van der Waals surface area contributed by atoms with Crippen LogP contribution in [-0.4, -0.2) is 30.4 Å². The van der Waals surface area contributed by atoms with E-state index in [0.29, 0.717) is 5.82 Å². The first-order chi connectivity index (χ1) is 19.5. The highest BCUT2D eigenvalue weighted by Gasteiger charge is 2.28. The molecule has 8 rings (SSSR count). The number of thiophene rings is 1. The van der Waals surface area contributed by atoms with E-state index in [9.17, 15) is 5.11 Å². The van der Waals surface area contributed by atoms with Gasteiger partial charge in [0.05, 0.1) is 22.1 Å². The predicted octanol–water partition coefficient (Wildman–Crippen LogP) is 6.74. The zero-order valence-electron chi connectivity index (χ0n) is 22.2.